The molecule has 0 bridgehead atoms. The van der Waals surface area contributed by atoms with Gasteiger partial charge in [-0.05, 0) is 52.5 Å². The van der Waals surface area contributed by atoms with E-state index in [2.05, 4.69) is 26.1 Å². The molecule has 0 aromatic carbocycles. The number of rotatable bonds is 8. The van der Waals surface area contributed by atoms with Gasteiger partial charge in [0.05, 0.1) is 18.8 Å². The predicted octanol–water partition coefficient (Wildman–Crippen LogP) is 2.74. The summed E-state index contributed by atoms with van der Waals surface area (Å²) in [6.07, 6.45) is 6.77. The fourth-order valence-electron chi connectivity index (χ4n) is 2.18. The highest BCUT2D eigenvalue weighted by Crippen LogP contribution is 2.17. The summed E-state index contributed by atoms with van der Waals surface area (Å²) in [5.41, 5.74) is 0. The lowest BCUT2D eigenvalue weighted by Gasteiger charge is -2.28. The Balaban J connectivity index is 2.27. The molecule has 102 valence electrons. The fraction of sp³-hybridized carbons (Fsp3) is 1.00. The van der Waals surface area contributed by atoms with Crippen molar-refractivity contribution in [1.29, 1.82) is 0 Å². The molecule has 0 saturated carbocycles. The minimum absolute atomic E-state index is 0.313. The smallest absolute Gasteiger partial charge is 0.0624 e. The van der Waals surface area contributed by atoms with E-state index in [4.69, 9.17) is 9.47 Å². The van der Waals surface area contributed by atoms with Crippen molar-refractivity contribution in [2.24, 2.45) is 0 Å². The maximum atomic E-state index is 5.80. The third-order valence-corrected chi connectivity index (χ3v) is 3.14. The van der Waals surface area contributed by atoms with Crippen molar-refractivity contribution in [3.05, 3.63) is 0 Å². The van der Waals surface area contributed by atoms with Crippen LogP contribution in [0.2, 0.25) is 0 Å². The zero-order chi connectivity index (χ0) is 12.5. The summed E-state index contributed by atoms with van der Waals surface area (Å²) in [7, 11) is 0. The van der Waals surface area contributed by atoms with E-state index in [0.717, 1.165) is 26.2 Å². The van der Waals surface area contributed by atoms with Crippen LogP contribution in [0.15, 0.2) is 0 Å². The average Bonchev–Trinajstić information content (AvgIpc) is 2.34. The number of hydrogen-bond acceptors (Lipinski definition) is 3. The summed E-state index contributed by atoms with van der Waals surface area (Å²) in [5.74, 6) is 0. The maximum Gasteiger partial charge on any atom is 0.0624 e. The molecule has 1 aliphatic rings. The van der Waals surface area contributed by atoms with Gasteiger partial charge in [-0.3, -0.25) is 0 Å². The van der Waals surface area contributed by atoms with Crippen molar-refractivity contribution in [2.45, 2.75) is 71.1 Å². The Kier molecular flexibility index (Phi) is 7.82. The van der Waals surface area contributed by atoms with Gasteiger partial charge in [-0.1, -0.05) is 6.92 Å². The first kappa shape index (κ1) is 14.9. The molecule has 0 spiro atoms. The van der Waals surface area contributed by atoms with Crippen LogP contribution in [0.5, 0.6) is 0 Å². The van der Waals surface area contributed by atoms with Crippen molar-refractivity contribution in [1.82, 2.24) is 5.32 Å². The summed E-state index contributed by atoms with van der Waals surface area (Å²) in [5, 5.41) is 3.57. The molecule has 0 radical (unpaired) electrons. The van der Waals surface area contributed by atoms with Crippen molar-refractivity contribution in [3.8, 4) is 0 Å². The van der Waals surface area contributed by atoms with Gasteiger partial charge in [-0.25, -0.2) is 0 Å². The third-order valence-electron chi connectivity index (χ3n) is 3.14. The molecule has 0 aliphatic carbocycles. The molecule has 1 aliphatic heterocycles. The molecule has 1 heterocycles. The molecule has 1 fully saturated rings. The lowest BCUT2D eigenvalue weighted by molar-refractivity contribution is -0.00896. The van der Waals surface area contributed by atoms with Crippen molar-refractivity contribution < 1.29 is 9.47 Å². The maximum absolute atomic E-state index is 5.80. The summed E-state index contributed by atoms with van der Waals surface area (Å²) < 4.78 is 11.5. The predicted molar refractivity (Wildman–Crippen MR) is 71.4 cm³/mol. The van der Waals surface area contributed by atoms with Crippen LogP contribution >= 0.6 is 0 Å². The Bertz CT molecular complexity index is 179. The van der Waals surface area contributed by atoms with Gasteiger partial charge in [-0.15, -0.1) is 0 Å². The first-order valence-corrected chi connectivity index (χ1v) is 7.19. The Morgan fingerprint density at radius 1 is 1.35 bits per heavy atom. The van der Waals surface area contributed by atoms with Crippen molar-refractivity contribution in [2.75, 3.05) is 19.8 Å². The van der Waals surface area contributed by atoms with Crippen LogP contribution in [0.25, 0.3) is 0 Å². The highest BCUT2D eigenvalue weighted by Gasteiger charge is 2.19. The Morgan fingerprint density at radius 3 is 2.76 bits per heavy atom. The number of ether oxygens (including phenoxy) is 2. The molecule has 3 nitrogen and oxygen atoms in total. The molecule has 1 saturated heterocycles. The topological polar surface area (TPSA) is 30.5 Å². The van der Waals surface area contributed by atoms with Gasteiger partial charge in [0.25, 0.3) is 0 Å². The molecule has 0 aromatic rings. The minimum atomic E-state index is 0.313. The van der Waals surface area contributed by atoms with Gasteiger partial charge < -0.3 is 14.8 Å². The van der Waals surface area contributed by atoms with Crippen molar-refractivity contribution >= 4 is 0 Å². The Hall–Kier alpha value is -0.120. The molecule has 17 heavy (non-hydrogen) atoms. The van der Waals surface area contributed by atoms with E-state index in [-0.39, 0.29) is 0 Å². The average molecular weight is 243 g/mol. The zero-order valence-electron chi connectivity index (χ0n) is 11.7. The van der Waals surface area contributed by atoms with Gasteiger partial charge in [-0.2, -0.15) is 0 Å². The molecular weight excluding hydrogens is 214 g/mol. The SMILES string of the molecule is CCCNC(COC(C)C)CC1CCCCO1. The first-order valence-electron chi connectivity index (χ1n) is 7.19. The molecule has 0 aromatic heterocycles. The molecule has 1 N–H and O–H groups in total. The second kappa shape index (κ2) is 8.90. The van der Waals surface area contributed by atoms with Crippen LogP contribution in [-0.4, -0.2) is 38.0 Å². The number of hydrogen-bond donors (Lipinski definition) is 1. The van der Waals surface area contributed by atoms with E-state index in [1.807, 2.05) is 0 Å². The summed E-state index contributed by atoms with van der Waals surface area (Å²) in [4.78, 5) is 0. The van der Waals surface area contributed by atoms with E-state index >= 15 is 0 Å². The van der Waals surface area contributed by atoms with Crippen LogP contribution in [0.4, 0.5) is 0 Å². The van der Waals surface area contributed by atoms with Crippen LogP contribution in [-0.2, 0) is 9.47 Å². The highest BCUT2D eigenvalue weighted by molar-refractivity contribution is 4.74. The minimum Gasteiger partial charge on any atom is -0.378 e. The monoisotopic (exact) mass is 243 g/mol. The Labute approximate surface area is 106 Å². The second-order valence-corrected chi connectivity index (χ2v) is 5.26. The third kappa shape index (κ3) is 7.02. The second-order valence-electron chi connectivity index (χ2n) is 5.26. The van der Waals surface area contributed by atoms with Crippen molar-refractivity contribution in [3.63, 3.8) is 0 Å². The van der Waals surface area contributed by atoms with E-state index in [1.54, 1.807) is 0 Å². The molecule has 0 amide bonds. The summed E-state index contributed by atoms with van der Waals surface area (Å²) in [6.45, 7) is 9.19. The molecule has 2 atom stereocenters. The summed E-state index contributed by atoms with van der Waals surface area (Å²) in [6, 6.07) is 0.445. The van der Waals surface area contributed by atoms with Gasteiger partial charge in [0.1, 0.15) is 0 Å². The molecule has 3 heteroatoms. The van der Waals surface area contributed by atoms with Gasteiger partial charge in [0.15, 0.2) is 0 Å². The normalized spacial score (nSPS) is 22.9. The van der Waals surface area contributed by atoms with Gasteiger partial charge in [0.2, 0.25) is 0 Å². The van der Waals surface area contributed by atoms with Crippen LogP contribution < -0.4 is 5.32 Å². The van der Waals surface area contributed by atoms with Crippen LogP contribution in [0, 0.1) is 0 Å². The van der Waals surface area contributed by atoms with Crippen LogP contribution in [0.3, 0.4) is 0 Å². The molecular formula is C14H29NO2. The highest BCUT2D eigenvalue weighted by atomic mass is 16.5. The Morgan fingerprint density at radius 2 is 2.18 bits per heavy atom. The molecule has 1 rings (SSSR count). The van der Waals surface area contributed by atoms with Crippen LogP contribution in [0.1, 0.15) is 52.9 Å². The van der Waals surface area contributed by atoms with E-state index < -0.39 is 0 Å². The zero-order valence-corrected chi connectivity index (χ0v) is 11.7. The summed E-state index contributed by atoms with van der Waals surface area (Å²) >= 11 is 0. The standard InChI is InChI=1S/C14H29NO2/c1-4-8-15-13(11-17-12(2)3)10-14-7-5-6-9-16-14/h12-15H,4-11H2,1-3H3. The van der Waals surface area contributed by atoms with E-state index in [1.165, 1.54) is 25.7 Å². The van der Waals surface area contributed by atoms with E-state index in [0.29, 0.717) is 18.2 Å². The fourth-order valence-corrected chi connectivity index (χ4v) is 2.18. The first-order chi connectivity index (χ1) is 8.22. The largest absolute Gasteiger partial charge is 0.378 e. The quantitative estimate of drug-likeness (QED) is 0.711. The van der Waals surface area contributed by atoms with Gasteiger partial charge >= 0.3 is 0 Å². The van der Waals surface area contributed by atoms with E-state index in [9.17, 15) is 0 Å². The lowest BCUT2D eigenvalue weighted by atomic mass is 10.0. The number of nitrogens with one attached hydrogen (secondary N) is 1. The van der Waals surface area contributed by atoms with Gasteiger partial charge in [0, 0.05) is 12.6 Å². The molecule has 2 unspecified atom stereocenters. The lowest BCUT2D eigenvalue weighted by Crippen LogP contribution is -2.39.